The molecule has 2 aromatic carbocycles. The Morgan fingerprint density at radius 1 is 1.15 bits per heavy atom. The van der Waals surface area contributed by atoms with Crippen molar-refractivity contribution in [3.63, 3.8) is 0 Å². The van der Waals surface area contributed by atoms with Crippen LogP contribution in [0.3, 0.4) is 0 Å². The van der Waals surface area contributed by atoms with Crippen molar-refractivity contribution >= 4 is 51.7 Å². The van der Waals surface area contributed by atoms with Crippen LogP contribution >= 0.6 is 34.8 Å². The number of esters is 1. The second-order valence-corrected chi connectivity index (χ2v) is 6.63. The van der Waals surface area contributed by atoms with Crippen LogP contribution in [0.5, 0.6) is 0 Å². The molecule has 26 heavy (non-hydrogen) atoms. The fourth-order valence-corrected chi connectivity index (χ4v) is 3.09. The molecule has 0 saturated carbocycles. The van der Waals surface area contributed by atoms with Crippen molar-refractivity contribution < 1.29 is 9.53 Å². The maximum absolute atomic E-state index is 12.5. The van der Waals surface area contributed by atoms with Crippen molar-refractivity contribution in [3.8, 4) is 17.3 Å². The van der Waals surface area contributed by atoms with Gasteiger partial charge < -0.3 is 4.74 Å². The van der Waals surface area contributed by atoms with E-state index in [2.05, 4.69) is 4.98 Å². The number of pyridine rings is 1. The third kappa shape index (κ3) is 3.47. The standard InChI is InChI=1S/C19H11Cl3N2O2/c1-10(9-23)26-19(25)13-8-16(24-15-5-3-2-4-11(13)15)12-6-7-14(20)18(22)17(12)21/h2-8,10H,1H3/t10-/m1/s1. The number of hydrogen-bond donors (Lipinski definition) is 0. The van der Waals surface area contributed by atoms with E-state index in [0.717, 1.165) is 0 Å². The summed E-state index contributed by atoms with van der Waals surface area (Å²) < 4.78 is 5.15. The lowest BCUT2D eigenvalue weighted by Crippen LogP contribution is -2.14. The minimum Gasteiger partial charge on any atom is -0.444 e. The number of carbonyl (C=O) groups is 1. The fourth-order valence-electron chi connectivity index (χ4n) is 2.46. The Bertz CT molecular complexity index is 1060. The minimum absolute atomic E-state index is 0.211. The highest BCUT2D eigenvalue weighted by atomic mass is 35.5. The van der Waals surface area contributed by atoms with E-state index in [1.165, 1.54) is 6.92 Å². The van der Waals surface area contributed by atoms with Crippen molar-refractivity contribution in [2.45, 2.75) is 13.0 Å². The van der Waals surface area contributed by atoms with Crippen molar-refractivity contribution in [1.82, 2.24) is 4.98 Å². The molecule has 130 valence electrons. The first kappa shape index (κ1) is 18.5. The van der Waals surface area contributed by atoms with E-state index in [-0.39, 0.29) is 15.6 Å². The van der Waals surface area contributed by atoms with Gasteiger partial charge in [-0.25, -0.2) is 9.78 Å². The first-order valence-corrected chi connectivity index (χ1v) is 8.70. The number of para-hydroxylation sites is 1. The van der Waals surface area contributed by atoms with E-state index in [1.54, 1.807) is 36.4 Å². The number of carbonyl (C=O) groups excluding carboxylic acids is 1. The van der Waals surface area contributed by atoms with Gasteiger partial charge >= 0.3 is 5.97 Å². The smallest absolute Gasteiger partial charge is 0.340 e. The molecule has 0 fully saturated rings. The molecule has 0 N–H and O–H groups in total. The molecule has 0 spiro atoms. The SMILES string of the molecule is C[C@H](C#N)OC(=O)c1cc(-c2ccc(Cl)c(Cl)c2Cl)nc2ccccc12. The highest BCUT2D eigenvalue weighted by molar-refractivity contribution is 6.49. The van der Waals surface area contributed by atoms with Crippen molar-refractivity contribution in [3.05, 3.63) is 63.1 Å². The number of ether oxygens (including phenoxy) is 1. The topological polar surface area (TPSA) is 63.0 Å². The van der Waals surface area contributed by atoms with E-state index < -0.39 is 12.1 Å². The molecule has 4 nitrogen and oxygen atoms in total. The van der Waals surface area contributed by atoms with Gasteiger partial charge in [0.25, 0.3) is 0 Å². The lowest BCUT2D eigenvalue weighted by Gasteiger charge is -2.12. The Morgan fingerprint density at radius 3 is 2.62 bits per heavy atom. The Kier molecular flexibility index (Phi) is 5.33. The van der Waals surface area contributed by atoms with E-state index >= 15 is 0 Å². The Balaban J connectivity index is 2.22. The largest absolute Gasteiger partial charge is 0.444 e. The Hall–Kier alpha value is -2.32. The molecule has 3 rings (SSSR count). The number of fused-ring (bicyclic) bond motifs is 1. The normalized spacial score (nSPS) is 11.8. The summed E-state index contributed by atoms with van der Waals surface area (Å²) in [5, 5.41) is 10.3. The molecule has 0 aliphatic carbocycles. The summed E-state index contributed by atoms with van der Waals surface area (Å²) in [5.41, 5.74) is 1.86. The van der Waals surface area contributed by atoms with Gasteiger partial charge in [-0.15, -0.1) is 0 Å². The molecule has 3 aromatic rings. The zero-order valence-corrected chi connectivity index (χ0v) is 15.7. The third-order valence-electron chi connectivity index (χ3n) is 3.71. The van der Waals surface area contributed by atoms with Crippen LogP contribution in [0.25, 0.3) is 22.2 Å². The molecule has 0 aliphatic heterocycles. The van der Waals surface area contributed by atoms with Crippen molar-refractivity contribution in [1.29, 1.82) is 5.26 Å². The van der Waals surface area contributed by atoms with E-state index in [0.29, 0.717) is 27.2 Å². The van der Waals surface area contributed by atoms with Crippen LogP contribution in [-0.4, -0.2) is 17.1 Å². The van der Waals surface area contributed by atoms with E-state index in [1.807, 2.05) is 12.1 Å². The fraction of sp³-hybridized carbons (Fsp3) is 0.105. The molecule has 1 atom stereocenters. The lowest BCUT2D eigenvalue weighted by atomic mass is 10.0. The molecule has 1 heterocycles. The molecule has 0 aliphatic rings. The molecule has 7 heteroatoms. The number of nitrogens with zero attached hydrogens (tertiary/aromatic N) is 2. The molecule has 0 amide bonds. The molecule has 0 radical (unpaired) electrons. The highest BCUT2D eigenvalue weighted by Crippen LogP contribution is 2.38. The molecular weight excluding hydrogens is 395 g/mol. The van der Waals surface area contributed by atoms with Crippen molar-refractivity contribution in [2.24, 2.45) is 0 Å². The summed E-state index contributed by atoms with van der Waals surface area (Å²) in [6.45, 7) is 1.50. The highest BCUT2D eigenvalue weighted by Gasteiger charge is 2.19. The van der Waals surface area contributed by atoms with Crippen LogP contribution in [0, 0.1) is 11.3 Å². The molecule has 1 aromatic heterocycles. The van der Waals surface area contributed by atoms with Gasteiger partial charge in [-0.2, -0.15) is 5.26 Å². The van der Waals surface area contributed by atoms with Crippen LogP contribution in [0.2, 0.25) is 15.1 Å². The zero-order valence-electron chi connectivity index (χ0n) is 13.5. The average molecular weight is 406 g/mol. The summed E-state index contributed by atoms with van der Waals surface area (Å²) in [4.78, 5) is 17.1. The third-order valence-corrected chi connectivity index (χ3v) is 5.01. The van der Waals surface area contributed by atoms with E-state index in [4.69, 9.17) is 44.8 Å². The second-order valence-electron chi connectivity index (χ2n) is 5.47. The minimum atomic E-state index is -0.869. The maximum atomic E-state index is 12.5. The van der Waals surface area contributed by atoms with Crippen LogP contribution in [0.4, 0.5) is 0 Å². The van der Waals surface area contributed by atoms with Crippen LogP contribution < -0.4 is 0 Å². The van der Waals surface area contributed by atoms with Crippen LogP contribution in [-0.2, 0) is 4.74 Å². The zero-order chi connectivity index (χ0) is 18.8. The number of hydrogen-bond acceptors (Lipinski definition) is 4. The molecule has 0 unspecified atom stereocenters. The van der Waals surface area contributed by atoms with Gasteiger partial charge in [0.05, 0.1) is 31.8 Å². The Morgan fingerprint density at radius 2 is 1.88 bits per heavy atom. The number of aromatic nitrogens is 1. The number of benzene rings is 2. The van der Waals surface area contributed by atoms with Gasteiger partial charge in [-0.3, -0.25) is 0 Å². The van der Waals surface area contributed by atoms with Gasteiger partial charge in [0.2, 0.25) is 0 Å². The lowest BCUT2D eigenvalue weighted by molar-refractivity contribution is 0.0438. The van der Waals surface area contributed by atoms with Gasteiger partial charge in [0.15, 0.2) is 6.10 Å². The maximum Gasteiger partial charge on any atom is 0.340 e. The van der Waals surface area contributed by atoms with Gasteiger partial charge in [-0.1, -0.05) is 53.0 Å². The molecule has 0 saturated heterocycles. The van der Waals surface area contributed by atoms with Crippen LogP contribution in [0.15, 0.2) is 42.5 Å². The predicted octanol–water partition coefficient (Wildman–Crippen LogP) is 5.93. The van der Waals surface area contributed by atoms with Crippen molar-refractivity contribution in [2.75, 3.05) is 0 Å². The summed E-state index contributed by atoms with van der Waals surface area (Å²) in [6.07, 6.45) is -0.869. The number of halogens is 3. The first-order valence-electron chi connectivity index (χ1n) is 7.56. The van der Waals surface area contributed by atoms with Gasteiger partial charge in [0, 0.05) is 10.9 Å². The average Bonchev–Trinajstić information content (AvgIpc) is 2.65. The molecular formula is C19H11Cl3N2O2. The first-order chi connectivity index (χ1) is 12.4. The Labute approximate surface area is 164 Å². The van der Waals surface area contributed by atoms with Crippen LogP contribution in [0.1, 0.15) is 17.3 Å². The predicted molar refractivity (Wildman–Crippen MR) is 103 cm³/mol. The summed E-state index contributed by atoms with van der Waals surface area (Å²) in [6, 6.07) is 13.9. The number of nitriles is 1. The second kappa shape index (κ2) is 7.51. The summed E-state index contributed by atoms with van der Waals surface area (Å²) >= 11 is 18.4. The quantitative estimate of drug-likeness (QED) is 0.400. The van der Waals surface area contributed by atoms with E-state index in [9.17, 15) is 4.79 Å². The monoisotopic (exact) mass is 404 g/mol. The van der Waals surface area contributed by atoms with Gasteiger partial charge in [0.1, 0.15) is 6.07 Å². The van der Waals surface area contributed by atoms with Gasteiger partial charge in [-0.05, 0) is 31.2 Å². The number of rotatable bonds is 3. The summed E-state index contributed by atoms with van der Waals surface area (Å²) in [5.74, 6) is -0.616. The molecule has 0 bridgehead atoms. The summed E-state index contributed by atoms with van der Waals surface area (Å²) in [7, 11) is 0.